The second kappa shape index (κ2) is 8.75. The Kier molecular flexibility index (Phi) is 5.71. The Morgan fingerprint density at radius 2 is 1.93 bits per heavy atom. The first-order chi connectivity index (χ1) is 14.6. The molecule has 4 rings (SSSR count). The van der Waals surface area contributed by atoms with Crippen LogP contribution in [0.4, 0.5) is 10.1 Å². The summed E-state index contributed by atoms with van der Waals surface area (Å²) in [6, 6.07) is 12.8. The second-order valence-electron chi connectivity index (χ2n) is 6.07. The van der Waals surface area contributed by atoms with E-state index in [1.54, 1.807) is 47.2 Å². The van der Waals surface area contributed by atoms with E-state index in [1.165, 1.54) is 42.5 Å². The number of nitrogens with one attached hydrogen (secondary N) is 1. The molecule has 0 saturated heterocycles. The number of hydrogen-bond donors (Lipinski definition) is 1. The number of hydrogen-bond acceptors (Lipinski definition) is 6. The second-order valence-corrected chi connectivity index (χ2v) is 6.84. The van der Waals surface area contributed by atoms with E-state index >= 15 is 0 Å². The molecule has 1 amide bonds. The standard InChI is InChI=1S/C21H16FN5O2S/c1-30-21-25-12-18(27(21)16-7-5-14(22)6-8-16)20(28)26-15-3-2-4-17(11-15)29-19-13-23-9-10-24-19/h2-13H,1H3,(H,26,28). The van der Waals surface area contributed by atoms with Crippen molar-refractivity contribution in [3.05, 3.63) is 84.8 Å². The highest BCUT2D eigenvalue weighted by Gasteiger charge is 2.18. The van der Waals surface area contributed by atoms with E-state index in [-0.39, 0.29) is 11.7 Å². The van der Waals surface area contributed by atoms with Crippen molar-refractivity contribution < 1.29 is 13.9 Å². The first-order valence-corrected chi connectivity index (χ1v) is 10.1. The van der Waals surface area contributed by atoms with Gasteiger partial charge in [0.05, 0.1) is 12.4 Å². The molecule has 0 fully saturated rings. The Morgan fingerprint density at radius 3 is 2.67 bits per heavy atom. The maximum Gasteiger partial charge on any atom is 0.274 e. The minimum absolute atomic E-state index is 0.325. The van der Waals surface area contributed by atoms with E-state index in [9.17, 15) is 9.18 Å². The number of nitrogens with zero attached hydrogens (tertiary/aromatic N) is 4. The molecule has 150 valence electrons. The van der Waals surface area contributed by atoms with Gasteiger partial charge in [0, 0.05) is 29.8 Å². The number of carbonyl (C=O) groups is 1. The summed E-state index contributed by atoms with van der Waals surface area (Å²) >= 11 is 1.39. The molecular formula is C21H16FN5O2S. The first-order valence-electron chi connectivity index (χ1n) is 8.87. The van der Waals surface area contributed by atoms with E-state index in [0.29, 0.717) is 33.9 Å². The van der Waals surface area contributed by atoms with Crippen molar-refractivity contribution in [2.24, 2.45) is 0 Å². The Hall–Kier alpha value is -3.72. The zero-order valence-corrected chi connectivity index (χ0v) is 16.6. The third kappa shape index (κ3) is 4.31. The third-order valence-corrected chi connectivity index (χ3v) is 4.74. The number of anilines is 1. The van der Waals surface area contributed by atoms with Gasteiger partial charge < -0.3 is 10.1 Å². The molecule has 2 aromatic carbocycles. The summed E-state index contributed by atoms with van der Waals surface area (Å²) in [6.07, 6.45) is 7.93. The fourth-order valence-electron chi connectivity index (χ4n) is 2.77. The molecule has 2 heterocycles. The van der Waals surface area contributed by atoms with E-state index in [1.807, 2.05) is 6.26 Å². The molecule has 0 atom stereocenters. The molecule has 0 bridgehead atoms. The van der Waals surface area contributed by atoms with Crippen LogP contribution in [-0.2, 0) is 0 Å². The number of ether oxygens (including phenoxy) is 1. The average molecular weight is 421 g/mol. The summed E-state index contributed by atoms with van der Waals surface area (Å²) < 4.78 is 20.7. The number of benzene rings is 2. The number of thioether (sulfide) groups is 1. The van der Waals surface area contributed by atoms with Gasteiger partial charge >= 0.3 is 0 Å². The lowest BCUT2D eigenvalue weighted by atomic mass is 10.2. The summed E-state index contributed by atoms with van der Waals surface area (Å²) in [5, 5.41) is 3.46. The summed E-state index contributed by atoms with van der Waals surface area (Å²) in [4.78, 5) is 25.3. The number of amides is 1. The Labute approximate surface area is 176 Å². The summed E-state index contributed by atoms with van der Waals surface area (Å²) in [7, 11) is 0. The lowest BCUT2D eigenvalue weighted by Gasteiger charge is -2.12. The molecule has 7 nitrogen and oxygen atoms in total. The minimum atomic E-state index is -0.358. The Morgan fingerprint density at radius 1 is 1.10 bits per heavy atom. The van der Waals surface area contributed by atoms with Crippen LogP contribution in [0, 0.1) is 5.82 Å². The van der Waals surface area contributed by atoms with Crippen LogP contribution >= 0.6 is 11.8 Å². The predicted molar refractivity (Wildman–Crippen MR) is 112 cm³/mol. The van der Waals surface area contributed by atoms with Gasteiger partial charge in [-0.05, 0) is 42.7 Å². The van der Waals surface area contributed by atoms with Crippen LogP contribution in [0.1, 0.15) is 10.5 Å². The van der Waals surface area contributed by atoms with Crippen molar-refractivity contribution in [3.8, 4) is 17.3 Å². The number of carbonyl (C=O) groups excluding carboxylic acids is 1. The van der Waals surface area contributed by atoms with Crippen LogP contribution in [0.3, 0.4) is 0 Å². The van der Waals surface area contributed by atoms with Crippen LogP contribution < -0.4 is 10.1 Å². The molecule has 0 radical (unpaired) electrons. The molecule has 0 aliphatic carbocycles. The highest BCUT2D eigenvalue weighted by atomic mass is 32.2. The van der Waals surface area contributed by atoms with Gasteiger partial charge in [-0.25, -0.2) is 14.4 Å². The van der Waals surface area contributed by atoms with E-state index in [4.69, 9.17) is 4.74 Å². The van der Waals surface area contributed by atoms with Crippen molar-refractivity contribution in [1.82, 2.24) is 19.5 Å². The molecule has 4 aromatic rings. The SMILES string of the molecule is CSc1ncc(C(=O)Nc2cccc(Oc3cnccn3)c2)n1-c1ccc(F)cc1. The summed E-state index contributed by atoms with van der Waals surface area (Å²) in [5.74, 6) is 0.143. The fourth-order valence-corrected chi connectivity index (χ4v) is 3.31. The van der Waals surface area contributed by atoms with Crippen molar-refractivity contribution in [2.75, 3.05) is 11.6 Å². The van der Waals surface area contributed by atoms with Crippen molar-refractivity contribution in [2.45, 2.75) is 5.16 Å². The maximum absolute atomic E-state index is 13.3. The Balaban J connectivity index is 1.58. The summed E-state index contributed by atoms with van der Waals surface area (Å²) in [5.41, 5.74) is 1.51. The van der Waals surface area contributed by atoms with Gasteiger partial charge in [-0.1, -0.05) is 17.8 Å². The molecule has 2 aromatic heterocycles. The number of imidazole rings is 1. The van der Waals surface area contributed by atoms with Gasteiger partial charge in [0.15, 0.2) is 5.16 Å². The molecule has 9 heteroatoms. The van der Waals surface area contributed by atoms with E-state index in [0.717, 1.165) is 0 Å². The van der Waals surface area contributed by atoms with Crippen molar-refractivity contribution >= 4 is 23.4 Å². The molecule has 0 spiro atoms. The molecule has 0 unspecified atom stereocenters. The monoisotopic (exact) mass is 421 g/mol. The molecule has 30 heavy (non-hydrogen) atoms. The highest BCUT2D eigenvalue weighted by molar-refractivity contribution is 7.98. The number of halogens is 1. The quantitative estimate of drug-likeness (QED) is 0.460. The normalized spacial score (nSPS) is 10.6. The van der Waals surface area contributed by atoms with E-state index in [2.05, 4.69) is 20.3 Å². The van der Waals surface area contributed by atoms with Gasteiger partial charge in [0.2, 0.25) is 5.88 Å². The zero-order valence-electron chi connectivity index (χ0n) is 15.8. The lowest BCUT2D eigenvalue weighted by Crippen LogP contribution is -2.16. The van der Waals surface area contributed by atoms with Crippen LogP contribution in [0.25, 0.3) is 5.69 Å². The van der Waals surface area contributed by atoms with Crippen molar-refractivity contribution in [3.63, 3.8) is 0 Å². The van der Waals surface area contributed by atoms with Crippen LogP contribution in [0.15, 0.2) is 78.5 Å². The minimum Gasteiger partial charge on any atom is -0.437 e. The molecule has 0 aliphatic rings. The third-order valence-electron chi connectivity index (χ3n) is 4.08. The predicted octanol–water partition coefficient (Wildman–Crippen LogP) is 4.57. The van der Waals surface area contributed by atoms with Crippen LogP contribution in [0.2, 0.25) is 0 Å². The van der Waals surface area contributed by atoms with E-state index < -0.39 is 0 Å². The molecule has 1 N–H and O–H groups in total. The number of rotatable bonds is 6. The zero-order chi connectivity index (χ0) is 20.9. The molecular weight excluding hydrogens is 405 g/mol. The number of aromatic nitrogens is 4. The fraction of sp³-hybridized carbons (Fsp3) is 0.0476. The summed E-state index contributed by atoms with van der Waals surface area (Å²) in [6.45, 7) is 0. The maximum atomic E-state index is 13.3. The largest absolute Gasteiger partial charge is 0.437 e. The van der Waals surface area contributed by atoms with Gasteiger partial charge in [0.1, 0.15) is 17.3 Å². The van der Waals surface area contributed by atoms with Gasteiger partial charge in [-0.2, -0.15) is 0 Å². The van der Waals surface area contributed by atoms with Gasteiger partial charge in [-0.15, -0.1) is 0 Å². The van der Waals surface area contributed by atoms with Crippen molar-refractivity contribution in [1.29, 1.82) is 0 Å². The Bertz CT molecular complexity index is 1170. The average Bonchev–Trinajstić information content (AvgIpc) is 3.20. The lowest BCUT2D eigenvalue weighted by molar-refractivity contribution is 0.102. The van der Waals surface area contributed by atoms with Crippen LogP contribution in [0.5, 0.6) is 11.6 Å². The van der Waals surface area contributed by atoms with Crippen LogP contribution in [-0.4, -0.2) is 31.7 Å². The first kappa shape index (κ1) is 19.6. The molecule has 0 saturated carbocycles. The van der Waals surface area contributed by atoms with Gasteiger partial charge in [0.25, 0.3) is 5.91 Å². The highest BCUT2D eigenvalue weighted by Crippen LogP contribution is 2.25. The smallest absolute Gasteiger partial charge is 0.274 e. The molecule has 0 aliphatic heterocycles. The topological polar surface area (TPSA) is 81.9 Å². The van der Waals surface area contributed by atoms with Gasteiger partial charge in [-0.3, -0.25) is 14.3 Å².